The molecule has 0 radical (unpaired) electrons. The maximum atomic E-state index is 9.11. The predicted octanol–water partition coefficient (Wildman–Crippen LogP) is 0.978. The first kappa shape index (κ1) is 12.5. The lowest BCUT2D eigenvalue weighted by Crippen LogP contribution is -2.35. The Bertz CT molecular complexity index is 327. The summed E-state index contributed by atoms with van der Waals surface area (Å²) < 4.78 is 16.5. The van der Waals surface area contributed by atoms with Crippen LogP contribution in [0, 0.1) is 0 Å². The Kier molecular flexibility index (Phi) is 4.50. The Labute approximate surface area is 101 Å². The van der Waals surface area contributed by atoms with E-state index in [1.165, 1.54) is 0 Å². The van der Waals surface area contributed by atoms with Crippen molar-refractivity contribution in [1.29, 1.82) is 0 Å². The van der Waals surface area contributed by atoms with Crippen molar-refractivity contribution in [2.75, 3.05) is 20.3 Å². The van der Waals surface area contributed by atoms with E-state index in [0.29, 0.717) is 13.2 Å². The fourth-order valence-corrected chi connectivity index (χ4v) is 2.03. The maximum Gasteiger partial charge on any atom is 0.114 e. The van der Waals surface area contributed by atoms with Crippen LogP contribution in [0.2, 0.25) is 0 Å². The molecule has 1 aliphatic heterocycles. The van der Waals surface area contributed by atoms with Crippen molar-refractivity contribution in [2.45, 2.75) is 24.9 Å². The molecule has 0 unspecified atom stereocenters. The maximum absolute atomic E-state index is 9.11. The fraction of sp³-hybridized carbons (Fsp3) is 0.538. The first-order chi connectivity index (χ1) is 8.35. The average Bonchev–Trinajstić information content (AvgIpc) is 2.79. The van der Waals surface area contributed by atoms with Crippen molar-refractivity contribution < 1.29 is 19.3 Å². The van der Waals surface area contributed by atoms with Gasteiger partial charge in [0.1, 0.15) is 18.3 Å². The summed E-state index contributed by atoms with van der Waals surface area (Å²) in [7, 11) is 1.61. The monoisotopic (exact) mass is 238 g/mol. The Morgan fingerprint density at radius 3 is 2.76 bits per heavy atom. The number of hydrogen-bond donors (Lipinski definition) is 1. The number of hydrogen-bond acceptors (Lipinski definition) is 4. The molecule has 0 aliphatic carbocycles. The summed E-state index contributed by atoms with van der Waals surface area (Å²) >= 11 is 0. The summed E-state index contributed by atoms with van der Waals surface area (Å²) in [6.45, 7) is 0.965. The zero-order valence-electron chi connectivity index (χ0n) is 9.91. The van der Waals surface area contributed by atoms with Crippen LogP contribution in [0.4, 0.5) is 0 Å². The molecule has 3 atom stereocenters. The molecule has 0 spiro atoms. The molecule has 0 bridgehead atoms. The van der Waals surface area contributed by atoms with Crippen molar-refractivity contribution in [3.63, 3.8) is 0 Å². The Morgan fingerprint density at radius 1 is 1.35 bits per heavy atom. The van der Waals surface area contributed by atoms with Crippen LogP contribution in [-0.4, -0.2) is 43.7 Å². The van der Waals surface area contributed by atoms with Gasteiger partial charge in [0, 0.05) is 7.11 Å². The van der Waals surface area contributed by atoms with Gasteiger partial charge in [-0.3, -0.25) is 0 Å². The molecule has 0 amide bonds. The van der Waals surface area contributed by atoms with Gasteiger partial charge >= 0.3 is 0 Å². The van der Waals surface area contributed by atoms with Crippen molar-refractivity contribution in [1.82, 2.24) is 0 Å². The molecule has 2 rings (SSSR count). The Morgan fingerprint density at radius 2 is 2.12 bits per heavy atom. The quantitative estimate of drug-likeness (QED) is 0.830. The first-order valence-corrected chi connectivity index (χ1v) is 5.76. The Balaban J connectivity index is 1.87. The van der Waals surface area contributed by atoms with Crippen LogP contribution in [0.3, 0.4) is 0 Å². The summed E-state index contributed by atoms with van der Waals surface area (Å²) in [5, 5.41) is 9.11. The molecule has 17 heavy (non-hydrogen) atoms. The fourth-order valence-electron chi connectivity index (χ4n) is 2.03. The molecular formula is C13H18O4. The smallest absolute Gasteiger partial charge is 0.114 e. The van der Waals surface area contributed by atoms with Crippen molar-refractivity contribution in [3.05, 3.63) is 35.9 Å². The summed E-state index contributed by atoms with van der Waals surface area (Å²) in [6, 6.07) is 9.96. The SMILES string of the molecule is CO[C@H]1[C@@H](CO)OC[C@H]1OCc1ccccc1. The summed E-state index contributed by atoms with van der Waals surface area (Å²) in [5.74, 6) is 0. The highest BCUT2D eigenvalue weighted by Crippen LogP contribution is 2.20. The number of aliphatic hydroxyl groups excluding tert-OH is 1. The van der Waals surface area contributed by atoms with E-state index < -0.39 is 0 Å². The minimum absolute atomic E-state index is 0.0380. The van der Waals surface area contributed by atoms with E-state index in [2.05, 4.69) is 0 Å². The van der Waals surface area contributed by atoms with E-state index in [1.54, 1.807) is 7.11 Å². The third-order valence-corrected chi connectivity index (χ3v) is 2.97. The molecule has 1 N–H and O–H groups in total. The molecule has 0 saturated carbocycles. The van der Waals surface area contributed by atoms with Crippen LogP contribution in [0.25, 0.3) is 0 Å². The lowest BCUT2D eigenvalue weighted by molar-refractivity contribution is -0.0558. The summed E-state index contributed by atoms with van der Waals surface area (Å²) in [5.41, 5.74) is 1.12. The number of ether oxygens (including phenoxy) is 3. The zero-order valence-corrected chi connectivity index (χ0v) is 9.91. The van der Waals surface area contributed by atoms with E-state index >= 15 is 0 Å². The molecule has 1 saturated heterocycles. The number of aliphatic hydroxyl groups is 1. The van der Waals surface area contributed by atoms with Gasteiger partial charge in [-0.15, -0.1) is 0 Å². The van der Waals surface area contributed by atoms with Crippen LogP contribution >= 0.6 is 0 Å². The molecule has 94 valence electrons. The number of methoxy groups -OCH3 is 1. The predicted molar refractivity (Wildman–Crippen MR) is 62.6 cm³/mol. The van der Waals surface area contributed by atoms with E-state index in [4.69, 9.17) is 19.3 Å². The number of rotatable bonds is 5. The van der Waals surface area contributed by atoms with E-state index in [-0.39, 0.29) is 24.9 Å². The first-order valence-electron chi connectivity index (χ1n) is 5.76. The molecule has 1 aromatic rings. The molecule has 1 aromatic carbocycles. The van der Waals surface area contributed by atoms with E-state index in [1.807, 2.05) is 30.3 Å². The largest absolute Gasteiger partial charge is 0.394 e. The van der Waals surface area contributed by atoms with E-state index in [9.17, 15) is 0 Å². The minimum atomic E-state index is -0.277. The highest BCUT2D eigenvalue weighted by molar-refractivity contribution is 5.13. The van der Waals surface area contributed by atoms with Gasteiger partial charge in [-0.05, 0) is 5.56 Å². The van der Waals surface area contributed by atoms with E-state index in [0.717, 1.165) is 5.56 Å². The molecule has 4 nitrogen and oxygen atoms in total. The molecule has 1 aliphatic rings. The second kappa shape index (κ2) is 6.12. The van der Waals surface area contributed by atoms with Gasteiger partial charge in [-0.25, -0.2) is 0 Å². The van der Waals surface area contributed by atoms with Gasteiger partial charge in [0.25, 0.3) is 0 Å². The second-order valence-electron chi connectivity index (χ2n) is 4.09. The van der Waals surface area contributed by atoms with Crippen LogP contribution in [-0.2, 0) is 20.8 Å². The van der Waals surface area contributed by atoms with Crippen LogP contribution in [0.15, 0.2) is 30.3 Å². The summed E-state index contributed by atoms with van der Waals surface area (Å²) in [6.07, 6.45) is -0.582. The van der Waals surface area contributed by atoms with Crippen molar-refractivity contribution in [3.8, 4) is 0 Å². The van der Waals surface area contributed by atoms with Crippen LogP contribution in [0.5, 0.6) is 0 Å². The standard InChI is InChI=1S/C13H18O4/c1-15-13-11(7-14)17-9-12(13)16-8-10-5-3-2-4-6-10/h2-6,11-14H,7-9H2,1H3/t11-,12-,13+/m1/s1. The number of benzene rings is 1. The highest BCUT2D eigenvalue weighted by atomic mass is 16.6. The van der Waals surface area contributed by atoms with Gasteiger partial charge in [0.05, 0.1) is 19.8 Å². The van der Waals surface area contributed by atoms with Crippen molar-refractivity contribution >= 4 is 0 Å². The third-order valence-electron chi connectivity index (χ3n) is 2.97. The van der Waals surface area contributed by atoms with Gasteiger partial charge in [-0.1, -0.05) is 30.3 Å². The highest BCUT2D eigenvalue weighted by Gasteiger charge is 2.37. The molecule has 1 fully saturated rings. The topological polar surface area (TPSA) is 47.9 Å². The second-order valence-corrected chi connectivity index (χ2v) is 4.09. The molecule has 1 heterocycles. The molecule has 4 heteroatoms. The molecular weight excluding hydrogens is 220 g/mol. The third kappa shape index (κ3) is 3.04. The van der Waals surface area contributed by atoms with Crippen LogP contribution < -0.4 is 0 Å². The normalized spacial score (nSPS) is 28.5. The zero-order chi connectivity index (χ0) is 12.1. The lowest BCUT2D eigenvalue weighted by Gasteiger charge is -2.20. The Hall–Kier alpha value is -0.940. The van der Waals surface area contributed by atoms with Gasteiger partial charge in [0.2, 0.25) is 0 Å². The minimum Gasteiger partial charge on any atom is -0.394 e. The van der Waals surface area contributed by atoms with Crippen molar-refractivity contribution in [2.24, 2.45) is 0 Å². The summed E-state index contributed by atoms with van der Waals surface area (Å²) in [4.78, 5) is 0. The van der Waals surface area contributed by atoms with Crippen LogP contribution in [0.1, 0.15) is 5.56 Å². The average molecular weight is 238 g/mol. The van der Waals surface area contributed by atoms with Gasteiger partial charge in [0.15, 0.2) is 0 Å². The molecule has 0 aromatic heterocycles. The van der Waals surface area contributed by atoms with Gasteiger partial charge < -0.3 is 19.3 Å². The lowest BCUT2D eigenvalue weighted by atomic mass is 10.1. The van der Waals surface area contributed by atoms with Gasteiger partial charge in [-0.2, -0.15) is 0 Å².